The molecule has 1 aromatic carbocycles. The van der Waals surface area contributed by atoms with E-state index in [-0.39, 0.29) is 0 Å². The molecule has 5 nitrogen and oxygen atoms in total. The van der Waals surface area contributed by atoms with E-state index in [9.17, 15) is 0 Å². The zero-order valence-corrected chi connectivity index (χ0v) is 12.8. The summed E-state index contributed by atoms with van der Waals surface area (Å²) in [5.41, 5.74) is 9.00. The van der Waals surface area contributed by atoms with Gasteiger partial charge >= 0.3 is 0 Å². The van der Waals surface area contributed by atoms with E-state index in [1.165, 1.54) is 25.7 Å². The van der Waals surface area contributed by atoms with Gasteiger partial charge in [-0.1, -0.05) is 38.3 Å². The molecular weight excluding hydrogens is 262 g/mol. The number of anilines is 1. The molecule has 1 aromatic heterocycles. The lowest BCUT2D eigenvalue weighted by molar-refractivity contribution is 0.246. The Morgan fingerprint density at radius 3 is 3.00 bits per heavy atom. The first-order chi connectivity index (χ1) is 10.2. The van der Waals surface area contributed by atoms with Crippen molar-refractivity contribution >= 4 is 5.69 Å². The highest BCUT2D eigenvalue weighted by molar-refractivity contribution is 5.74. The third-order valence-corrected chi connectivity index (χ3v) is 4.74. The summed E-state index contributed by atoms with van der Waals surface area (Å²) in [5.74, 6) is 1.59. The minimum atomic E-state index is 0.397. The van der Waals surface area contributed by atoms with Crippen LogP contribution in [-0.4, -0.2) is 20.2 Å². The first-order valence-electron chi connectivity index (χ1n) is 7.84. The van der Waals surface area contributed by atoms with Crippen LogP contribution < -0.4 is 5.73 Å². The topological polar surface area (TPSA) is 69.6 Å². The Bertz CT molecular complexity index is 619. The number of nitrogen functional groups attached to an aromatic ring is 1. The summed E-state index contributed by atoms with van der Waals surface area (Å²) in [6.45, 7) is 4.28. The van der Waals surface area contributed by atoms with Crippen LogP contribution in [0.2, 0.25) is 0 Å². The maximum atomic E-state index is 6.22. The molecule has 0 saturated heterocycles. The number of nitrogens with zero attached hydrogens (tertiary/aromatic N) is 4. The predicted octanol–water partition coefficient (Wildman–Crippen LogP) is 3.37. The van der Waals surface area contributed by atoms with Crippen molar-refractivity contribution in [2.45, 2.75) is 52.0 Å². The van der Waals surface area contributed by atoms with Crippen molar-refractivity contribution in [1.82, 2.24) is 20.2 Å². The summed E-state index contributed by atoms with van der Waals surface area (Å²) in [6.07, 6.45) is 6.14. The van der Waals surface area contributed by atoms with Crippen LogP contribution in [-0.2, 0) is 0 Å². The number of hydrogen-bond donors (Lipinski definition) is 1. The monoisotopic (exact) mass is 285 g/mol. The highest BCUT2D eigenvalue weighted by atomic mass is 15.5. The Labute approximate surface area is 125 Å². The van der Waals surface area contributed by atoms with Crippen molar-refractivity contribution in [1.29, 1.82) is 0 Å². The Balaban J connectivity index is 1.95. The molecule has 0 radical (unpaired) electrons. The zero-order chi connectivity index (χ0) is 14.8. The van der Waals surface area contributed by atoms with Crippen molar-refractivity contribution in [2.75, 3.05) is 5.73 Å². The molecule has 1 heterocycles. The van der Waals surface area contributed by atoms with E-state index >= 15 is 0 Å². The molecule has 2 atom stereocenters. The lowest BCUT2D eigenvalue weighted by Gasteiger charge is -2.28. The summed E-state index contributed by atoms with van der Waals surface area (Å²) in [4.78, 5) is 0. The van der Waals surface area contributed by atoms with Crippen molar-refractivity contribution < 1.29 is 0 Å². The van der Waals surface area contributed by atoms with E-state index in [4.69, 9.17) is 5.73 Å². The first kappa shape index (κ1) is 14.0. The maximum absolute atomic E-state index is 6.22. The number of rotatable bonds is 3. The maximum Gasteiger partial charge on any atom is 0.184 e. The van der Waals surface area contributed by atoms with Crippen LogP contribution in [0.4, 0.5) is 5.69 Å². The number of hydrogen-bond acceptors (Lipinski definition) is 4. The number of nitrogens with two attached hydrogens (primary N) is 1. The van der Waals surface area contributed by atoms with Crippen LogP contribution in [0.25, 0.3) is 11.4 Å². The van der Waals surface area contributed by atoms with E-state index in [1.54, 1.807) is 0 Å². The van der Waals surface area contributed by atoms with Gasteiger partial charge in [0.05, 0.1) is 6.04 Å². The van der Waals surface area contributed by atoms with E-state index in [1.807, 2.05) is 29.8 Å². The largest absolute Gasteiger partial charge is 0.398 e. The van der Waals surface area contributed by atoms with Gasteiger partial charge in [-0.05, 0) is 47.7 Å². The Morgan fingerprint density at radius 2 is 2.19 bits per heavy atom. The van der Waals surface area contributed by atoms with Gasteiger partial charge in [-0.2, -0.15) is 0 Å². The molecule has 2 aromatic rings. The van der Waals surface area contributed by atoms with Gasteiger partial charge in [0.1, 0.15) is 0 Å². The van der Waals surface area contributed by atoms with Crippen LogP contribution in [0.15, 0.2) is 18.2 Å². The van der Waals surface area contributed by atoms with Crippen LogP contribution >= 0.6 is 0 Å². The third kappa shape index (κ3) is 2.64. The van der Waals surface area contributed by atoms with Gasteiger partial charge < -0.3 is 5.73 Å². The molecule has 0 aliphatic heterocycles. The van der Waals surface area contributed by atoms with Gasteiger partial charge in [0, 0.05) is 11.3 Å². The Kier molecular flexibility index (Phi) is 3.90. The summed E-state index contributed by atoms with van der Waals surface area (Å²) >= 11 is 0. The molecule has 112 valence electrons. The highest BCUT2D eigenvalue weighted by Gasteiger charge is 2.26. The van der Waals surface area contributed by atoms with E-state index in [2.05, 4.69) is 22.4 Å². The second-order valence-electron chi connectivity index (χ2n) is 6.08. The molecule has 0 amide bonds. The number of tetrazole rings is 1. The number of benzene rings is 1. The third-order valence-electron chi connectivity index (χ3n) is 4.74. The molecule has 2 N–H and O–H groups in total. The van der Waals surface area contributed by atoms with Gasteiger partial charge in [-0.3, -0.25) is 0 Å². The fraction of sp³-hybridized carbons (Fsp3) is 0.562. The van der Waals surface area contributed by atoms with Crippen molar-refractivity contribution in [3.8, 4) is 11.4 Å². The minimum absolute atomic E-state index is 0.397. The van der Waals surface area contributed by atoms with Crippen molar-refractivity contribution in [3.63, 3.8) is 0 Å². The van der Waals surface area contributed by atoms with Gasteiger partial charge in [0.25, 0.3) is 0 Å². The Hall–Kier alpha value is -1.91. The minimum Gasteiger partial charge on any atom is -0.398 e. The molecule has 1 aliphatic rings. The van der Waals surface area contributed by atoms with E-state index in [0.717, 1.165) is 35.0 Å². The average molecular weight is 285 g/mol. The SMILES string of the molecule is CCC1CCCC(n2nnnc2-c2cccc(C)c2N)C1. The van der Waals surface area contributed by atoms with Crippen molar-refractivity contribution in [2.24, 2.45) is 5.92 Å². The first-order valence-corrected chi connectivity index (χ1v) is 7.84. The summed E-state index contributed by atoms with van der Waals surface area (Å²) < 4.78 is 1.99. The number of para-hydroxylation sites is 1. The van der Waals surface area contributed by atoms with Crippen LogP contribution in [0.1, 0.15) is 50.6 Å². The molecular formula is C16H23N5. The van der Waals surface area contributed by atoms with Gasteiger partial charge in [-0.25, -0.2) is 4.68 Å². The lowest BCUT2D eigenvalue weighted by atomic mass is 9.84. The normalized spacial score (nSPS) is 22.4. The number of aryl methyl sites for hydroxylation is 1. The van der Waals surface area contributed by atoms with Gasteiger partial charge in [-0.15, -0.1) is 5.10 Å². The highest BCUT2D eigenvalue weighted by Crippen LogP contribution is 2.36. The second-order valence-corrected chi connectivity index (χ2v) is 6.08. The molecule has 1 aliphatic carbocycles. The van der Waals surface area contributed by atoms with Crippen LogP contribution in [0.5, 0.6) is 0 Å². The smallest absolute Gasteiger partial charge is 0.184 e. The molecule has 2 unspecified atom stereocenters. The lowest BCUT2D eigenvalue weighted by Crippen LogP contribution is -2.21. The molecule has 5 heteroatoms. The summed E-state index contributed by atoms with van der Waals surface area (Å²) in [5, 5.41) is 12.4. The predicted molar refractivity (Wildman–Crippen MR) is 83.7 cm³/mol. The molecule has 21 heavy (non-hydrogen) atoms. The summed E-state index contributed by atoms with van der Waals surface area (Å²) in [6, 6.07) is 6.43. The van der Waals surface area contributed by atoms with Crippen LogP contribution in [0, 0.1) is 12.8 Å². The van der Waals surface area contributed by atoms with Gasteiger partial charge in [0.15, 0.2) is 5.82 Å². The Morgan fingerprint density at radius 1 is 1.33 bits per heavy atom. The zero-order valence-electron chi connectivity index (χ0n) is 12.8. The molecule has 3 rings (SSSR count). The van der Waals surface area contributed by atoms with E-state index < -0.39 is 0 Å². The molecule has 0 bridgehead atoms. The summed E-state index contributed by atoms with van der Waals surface area (Å²) in [7, 11) is 0. The fourth-order valence-electron chi connectivity index (χ4n) is 3.35. The molecule has 1 saturated carbocycles. The fourth-order valence-corrected chi connectivity index (χ4v) is 3.35. The van der Waals surface area contributed by atoms with Gasteiger partial charge in [0.2, 0.25) is 0 Å². The average Bonchev–Trinajstić information content (AvgIpc) is 2.99. The van der Waals surface area contributed by atoms with E-state index in [0.29, 0.717) is 6.04 Å². The molecule has 1 fully saturated rings. The standard InChI is InChI=1S/C16H23N5/c1-3-12-7-5-8-13(10-12)21-16(18-19-20-21)14-9-4-6-11(2)15(14)17/h4,6,9,12-13H,3,5,7-8,10,17H2,1-2H3. The molecule has 0 spiro atoms. The number of aromatic nitrogens is 4. The van der Waals surface area contributed by atoms with Crippen molar-refractivity contribution in [3.05, 3.63) is 23.8 Å². The second kappa shape index (κ2) is 5.84. The van der Waals surface area contributed by atoms with Crippen LogP contribution in [0.3, 0.4) is 0 Å². The quantitative estimate of drug-likeness (QED) is 0.878.